The van der Waals surface area contributed by atoms with Crippen molar-refractivity contribution in [2.75, 3.05) is 20.3 Å². The largest absolute Gasteiger partial charge is 0.464 e. The topological polar surface area (TPSA) is 123 Å². The number of esters is 1. The van der Waals surface area contributed by atoms with Gasteiger partial charge in [0.25, 0.3) is 0 Å². The molecular weight excluding hydrogens is 497 g/mol. The lowest BCUT2D eigenvalue weighted by molar-refractivity contribution is -0.150. The number of nitrogens with zero attached hydrogens (tertiary/aromatic N) is 1. The Labute approximate surface area is 223 Å². The summed E-state index contributed by atoms with van der Waals surface area (Å²) in [4.78, 5) is 52.8. The van der Waals surface area contributed by atoms with Crippen LogP contribution in [0, 0.1) is 5.92 Å². The minimum absolute atomic E-state index is 0.187. The summed E-state index contributed by atoms with van der Waals surface area (Å²) in [5, 5.41) is 5.41. The minimum atomic E-state index is -1.17. The maximum absolute atomic E-state index is 13.5. The van der Waals surface area contributed by atoms with E-state index in [9.17, 15) is 19.2 Å². The monoisotopic (exact) mass is 541 g/mol. The number of hydrogen-bond donors (Lipinski definition) is 2. The molecule has 1 aliphatic carbocycles. The van der Waals surface area contributed by atoms with Gasteiger partial charge in [-0.25, -0.2) is 9.59 Å². The molecule has 0 aromatic rings. The molecule has 1 aliphatic heterocycles. The Balaban J connectivity index is 0.00000334. The van der Waals surface area contributed by atoms with Crippen LogP contribution in [0.2, 0.25) is 0 Å². The number of nitrogens with one attached hydrogen (secondary N) is 2. The molecule has 2 rings (SSSR count). The number of methoxy groups -OCH3 is 1. The van der Waals surface area contributed by atoms with Crippen LogP contribution in [-0.2, 0) is 28.4 Å². The van der Waals surface area contributed by atoms with Crippen molar-refractivity contribution in [1.29, 1.82) is 0 Å². The number of allylic oxidation sites excluding steroid dienone is 1. The molecule has 11 heteroatoms. The summed E-state index contributed by atoms with van der Waals surface area (Å²) >= 11 is 0. The van der Waals surface area contributed by atoms with Gasteiger partial charge in [-0.15, -0.1) is 13.2 Å². The molecular formula is C26H44N3O7P. The van der Waals surface area contributed by atoms with Gasteiger partial charge in [-0.3, -0.25) is 9.59 Å². The van der Waals surface area contributed by atoms with E-state index in [0.29, 0.717) is 19.3 Å². The molecule has 6 atom stereocenters. The molecule has 0 aromatic heterocycles. The fourth-order valence-electron chi connectivity index (χ4n) is 4.47. The van der Waals surface area contributed by atoms with Crippen LogP contribution < -0.4 is 10.6 Å². The van der Waals surface area contributed by atoms with Crippen LogP contribution in [0.4, 0.5) is 4.79 Å². The average Bonchev–Trinajstić information content (AvgIpc) is 3.45. The maximum atomic E-state index is 13.5. The molecule has 10 nitrogen and oxygen atoms in total. The Morgan fingerprint density at radius 1 is 1.19 bits per heavy atom. The van der Waals surface area contributed by atoms with Crippen LogP contribution in [0.15, 0.2) is 25.3 Å². The first-order valence-electron chi connectivity index (χ1n) is 13.0. The molecule has 2 fully saturated rings. The fourth-order valence-corrected chi connectivity index (χ4v) is 4.54. The number of carbonyl (C=O) groups excluding carboxylic acids is 4. The number of carbonyl (C=O) groups is 4. The first-order chi connectivity index (χ1) is 17.8. The normalized spacial score (nSPS) is 24.6. The third-order valence-corrected chi connectivity index (χ3v) is 6.78. The fraction of sp³-hybridized carbons (Fsp3) is 0.692. The molecule has 0 spiro atoms. The zero-order valence-electron chi connectivity index (χ0n) is 22.6. The van der Waals surface area contributed by atoms with Gasteiger partial charge in [0.2, 0.25) is 11.8 Å². The molecule has 1 saturated carbocycles. The number of unbranched alkanes of at least 4 members (excludes halogenated alkanes) is 3. The highest BCUT2D eigenvalue weighted by Gasteiger charge is 2.62. The molecule has 1 heterocycles. The predicted octanol–water partition coefficient (Wildman–Crippen LogP) is 3.27. The van der Waals surface area contributed by atoms with E-state index in [1.54, 1.807) is 13.0 Å². The maximum Gasteiger partial charge on any atom is 0.409 e. The van der Waals surface area contributed by atoms with Gasteiger partial charge in [0.1, 0.15) is 17.6 Å². The predicted molar refractivity (Wildman–Crippen MR) is 144 cm³/mol. The SMILES string of the molecule is C=CCCCCC[C@H](NC(=O)OP)C(=O)N1C[C@H](OC)C[C@H]1C(=O)N[C@]1(C(=O)OCC)C[C@H]1C=C.CC. The molecule has 2 aliphatic rings. The minimum Gasteiger partial charge on any atom is -0.464 e. The zero-order valence-corrected chi connectivity index (χ0v) is 23.8. The standard InChI is InChI=1S/C24H38N3O7P.C2H6/c1-5-8-9-10-11-12-18(25-23(31)34-35)21(29)27-15-17(32-4)13-19(27)20(28)26-24(14-16(24)6-2)22(30)33-7-3;1-2/h5-6,16-19H,1-2,7-15,35H2,3-4H3,(H,25,31)(H,26,28);1-2H3/t16-,17-,18+,19+,24-;/m1./s1. The van der Waals surface area contributed by atoms with E-state index < -0.39 is 41.5 Å². The summed E-state index contributed by atoms with van der Waals surface area (Å²) in [7, 11) is 3.37. The van der Waals surface area contributed by atoms with Crippen molar-refractivity contribution in [3.8, 4) is 0 Å². The molecule has 0 radical (unpaired) electrons. The molecule has 210 valence electrons. The van der Waals surface area contributed by atoms with Gasteiger partial charge in [0.05, 0.1) is 22.2 Å². The molecule has 1 saturated heterocycles. The second-order valence-electron chi connectivity index (χ2n) is 8.86. The Kier molecular flexibility index (Phi) is 14.4. The Bertz CT molecular complexity index is 809. The van der Waals surface area contributed by atoms with E-state index in [2.05, 4.69) is 28.3 Å². The highest BCUT2D eigenvalue weighted by atomic mass is 31.0. The Morgan fingerprint density at radius 3 is 2.43 bits per heavy atom. The zero-order chi connectivity index (χ0) is 28.0. The summed E-state index contributed by atoms with van der Waals surface area (Å²) in [6.45, 7) is 13.5. The van der Waals surface area contributed by atoms with Gasteiger partial charge < -0.3 is 29.5 Å². The first-order valence-corrected chi connectivity index (χ1v) is 13.5. The molecule has 0 bridgehead atoms. The molecule has 0 aromatic carbocycles. The molecule has 1 unspecified atom stereocenters. The van der Waals surface area contributed by atoms with Gasteiger partial charge in [-0.05, 0) is 32.6 Å². The van der Waals surface area contributed by atoms with Gasteiger partial charge in [-0.1, -0.05) is 38.8 Å². The van der Waals surface area contributed by atoms with Gasteiger partial charge in [0, 0.05) is 26.0 Å². The van der Waals surface area contributed by atoms with E-state index in [1.807, 2.05) is 29.4 Å². The summed E-state index contributed by atoms with van der Waals surface area (Å²) < 4.78 is 15.2. The van der Waals surface area contributed by atoms with Crippen LogP contribution in [0.25, 0.3) is 0 Å². The second-order valence-corrected chi connectivity index (χ2v) is 9.09. The van der Waals surface area contributed by atoms with Crippen LogP contribution in [0.3, 0.4) is 0 Å². The van der Waals surface area contributed by atoms with Crippen molar-refractivity contribution in [3.05, 3.63) is 25.3 Å². The quantitative estimate of drug-likeness (QED) is 0.150. The summed E-state index contributed by atoms with van der Waals surface area (Å²) in [5.74, 6) is -1.62. The van der Waals surface area contributed by atoms with Crippen molar-refractivity contribution in [1.82, 2.24) is 15.5 Å². The Hall–Kier alpha value is -2.45. The van der Waals surface area contributed by atoms with E-state index in [1.165, 1.54) is 12.0 Å². The van der Waals surface area contributed by atoms with Gasteiger partial charge >= 0.3 is 12.1 Å². The molecule has 37 heavy (non-hydrogen) atoms. The van der Waals surface area contributed by atoms with Crippen molar-refractivity contribution in [2.45, 2.75) is 89.4 Å². The lowest BCUT2D eigenvalue weighted by Crippen LogP contribution is -2.56. The highest BCUT2D eigenvalue weighted by molar-refractivity contribution is 7.10. The smallest absolute Gasteiger partial charge is 0.409 e. The van der Waals surface area contributed by atoms with E-state index in [-0.39, 0.29) is 31.6 Å². The van der Waals surface area contributed by atoms with Crippen LogP contribution in [0.5, 0.6) is 0 Å². The summed E-state index contributed by atoms with van der Waals surface area (Å²) in [5.41, 5.74) is -1.17. The third kappa shape index (κ3) is 8.82. The van der Waals surface area contributed by atoms with Crippen molar-refractivity contribution in [2.24, 2.45) is 5.92 Å². The third-order valence-electron chi connectivity index (χ3n) is 6.57. The molecule has 2 N–H and O–H groups in total. The summed E-state index contributed by atoms with van der Waals surface area (Å²) in [6, 6.07) is -1.72. The van der Waals surface area contributed by atoms with E-state index >= 15 is 0 Å². The average molecular weight is 542 g/mol. The van der Waals surface area contributed by atoms with Gasteiger partial charge in [0.15, 0.2) is 0 Å². The van der Waals surface area contributed by atoms with Crippen LogP contribution in [0.1, 0.15) is 65.7 Å². The highest BCUT2D eigenvalue weighted by Crippen LogP contribution is 2.45. The molecule has 3 amide bonds. The van der Waals surface area contributed by atoms with Crippen molar-refractivity contribution < 1.29 is 33.2 Å². The number of likely N-dealkylation sites (tertiary alicyclic amines) is 1. The second kappa shape index (κ2) is 16.4. The number of ether oxygens (including phenoxy) is 2. The first kappa shape index (κ1) is 32.6. The van der Waals surface area contributed by atoms with Crippen LogP contribution in [-0.4, -0.2) is 72.8 Å². The number of amides is 3. The lowest BCUT2D eigenvalue weighted by Gasteiger charge is -2.29. The van der Waals surface area contributed by atoms with Crippen molar-refractivity contribution in [3.63, 3.8) is 0 Å². The van der Waals surface area contributed by atoms with Gasteiger partial charge in [-0.2, -0.15) is 0 Å². The van der Waals surface area contributed by atoms with E-state index in [0.717, 1.165) is 19.3 Å². The Morgan fingerprint density at radius 2 is 1.89 bits per heavy atom. The summed E-state index contributed by atoms with van der Waals surface area (Å²) in [6.07, 6.45) is 6.77. The van der Waals surface area contributed by atoms with Crippen LogP contribution >= 0.6 is 9.47 Å². The number of hydrogen-bond acceptors (Lipinski definition) is 7. The lowest BCUT2D eigenvalue weighted by atomic mass is 10.0. The van der Waals surface area contributed by atoms with Crippen molar-refractivity contribution >= 4 is 33.3 Å². The number of rotatable bonds is 14. The van der Waals surface area contributed by atoms with E-state index in [4.69, 9.17) is 9.47 Å².